The molecule has 4 heteroatoms. The Morgan fingerprint density at radius 2 is 1.67 bits per heavy atom. The van der Waals surface area contributed by atoms with E-state index in [1.54, 1.807) is 0 Å². The second-order valence-corrected chi connectivity index (χ2v) is 7.08. The fourth-order valence-corrected chi connectivity index (χ4v) is 3.98. The van der Waals surface area contributed by atoms with Crippen molar-refractivity contribution in [2.75, 3.05) is 20.1 Å². The Kier molecular flexibility index (Phi) is 4.51. The molecule has 3 rings (SSSR count). The van der Waals surface area contributed by atoms with Gasteiger partial charge in [-0.1, -0.05) is 19.3 Å². The average molecular weight is 292 g/mol. The number of hydrogen-bond donors (Lipinski definition) is 0. The van der Waals surface area contributed by atoms with Crippen molar-refractivity contribution in [3.8, 4) is 0 Å². The van der Waals surface area contributed by atoms with Crippen LogP contribution in [-0.2, 0) is 9.59 Å². The van der Waals surface area contributed by atoms with Gasteiger partial charge < -0.3 is 9.80 Å². The van der Waals surface area contributed by atoms with E-state index in [2.05, 4.69) is 4.90 Å². The maximum atomic E-state index is 12.7. The predicted molar refractivity (Wildman–Crippen MR) is 81.7 cm³/mol. The lowest BCUT2D eigenvalue weighted by atomic mass is 9.99. The molecule has 1 saturated heterocycles. The molecular formula is C17H28N2O2. The van der Waals surface area contributed by atoms with Crippen LogP contribution in [-0.4, -0.2) is 47.8 Å². The molecule has 2 atom stereocenters. The second-order valence-electron chi connectivity index (χ2n) is 7.08. The van der Waals surface area contributed by atoms with E-state index >= 15 is 0 Å². The molecule has 4 nitrogen and oxygen atoms in total. The molecule has 2 amide bonds. The predicted octanol–water partition coefficient (Wildman–Crippen LogP) is 2.43. The minimum absolute atomic E-state index is 0.0517. The number of amides is 2. The Morgan fingerprint density at radius 1 is 0.952 bits per heavy atom. The van der Waals surface area contributed by atoms with Crippen LogP contribution in [0.1, 0.15) is 57.8 Å². The van der Waals surface area contributed by atoms with E-state index < -0.39 is 0 Å². The number of rotatable bonds is 1. The Labute approximate surface area is 127 Å². The molecule has 0 unspecified atom stereocenters. The molecule has 1 aliphatic heterocycles. The van der Waals surface area contributed by atoms with E-state index in [9.17, 15) is 9.59 Å². The largest absolute Gasteiger partial charge is 0.345 e. The van der Waals surface area contributed by atoms with Crippen LogP contribution in [0, 0.1) is 11.8 Å². The SMILES string of the molecule is CN1CCCCCCN(C(=O)C2CC2)[C@H]2CCC[C@H]2C1=O. The fraction of sp³-hybridized carbons (Fsp3) is 0.882. The van der Waals surface area contributed by atoms with Crippen molar-refractivity contribution in [1.29, 1.82) is 0 Å². The molecule has 0 aromatic heterocycles. The molecule has 0 radical (unpaired) electrons. The first-order valence-corrected chi connectivity index (χ1v) is 8.74. The van der Waals surface area contributed by atoms with Crippen molar-refractivity contribution in [3.05, 3.63) is 0 Å². The highest BCUT2D eigenvalue weighted by Crippen LogP contribution is 2.37. The van der Waals surface area contributed by atoms with Gasteiger partial charge in [0.25, 0.3) is 0 Å². The van der Waals surface area contributed by atoms with E-state index in [1.165, 1.54) is 12.8 Å². The summed E-state index contributed by atoms with van der Waals surface area (Å²) in [6.07, 6.45) is 9.71. The van der Waals surface area contributed by atoms with Crippen molar-refractivity contribution >= 4 is 11.8 Å². The molecule has 0 aromatic rings. The smallest absolute Gasteiger partial charge is 0.227 e. The lowest BCUT2D eigenvalue weighted by Crippen LogP contribution is -2.48. The van der Waals surface area contributed by atoms with Gasteiger partial charge in [0.2, 0.25) is 11.8 Å². The number of nitrogens with zero attached hydrogens (tertiary/aromatic N) is 2. The number of fused-ring (bicyclic) bond motifs is 1. The van der Waals surface area contributed by atoms with Gasteiger partial charge in [0, 0.05) is 32.1 Å². The summed E-state index contributed by atoms with van der Waals surface area (Å²) in [6, 6.07) is 0.172. The summed E-state index contributed by atoms with van der Waals surface area (Å²) in [5, 5.41) is 0. The minimum Gasteiger partial charge on any atom is -0.345 e. The highest BCUT2D eigenvalue weighted by molar-refractivity contribution is 5.84. The zero-order valence-corrected chi connectivity index (χ0v) is 13.2. The van der Waals surface area contributed by atoms with Gasteiger partial charge in [0.15, 0.2) is 0 Å². The standard InChI is InChI=1S/C17H28N2O2/c1-18-11-4-2-3-5-12-19(16(20)13-9-10-13)15-8-6-7-14(15)17(18)21/h13-15H,2-12H2,1H3/t14-,15+/m1/s1. The molecule has 1 heterocycles. The van der Waals surface area contributed by atoms with Crippen molar-refractivity contribution in [2.24, 2.45) is 11.8 Å². The zero-order valence-electron chi connectivity index (χ0n) is 13.2. The van der Waals surface area contributed by atoms with Crippen LogP contribution in [0.25, 0.3) is 0 Å². The van der Waals surface area contributed by atoms with Crippen LogP contribution in [0.15, 0.2) is 0 Å². The monoisotopic (exact) mass is 292 g/mol. The molecule has 3 fully saturated rings. The molecule has 2 saturated carbocycles. The average Bonchev–Trinajstić information content (AvgIpc) is 3.23. The molecule has 21 heavy (non-hydrogen) atoms. The van der Waals surface area contributed by atoms with E-state index in [4.69, 9.17) is 0 Å². The van der Waals surface area contributed by atoms with Crippen LogP contribution < -0.4 is 0 Å². The van der Waals surface area contributed by atoms with Crippen LogP contribution in [0.5, 0.6) is 0 Å². The summed E-state index contributed by atoms with van der Waals surface area (Å²) in [5.41, 5.74) is 0. The third-order valence-corrected chi connectivity index (χ3v) is 5.43. The molecule has 0 N–H and O–H groups in total. The van der Waals surface area contributed by atoms with Crippen molar-refractivity contribution < 1.29 is 9.59 Å². The van der Waals surface area contributed by atoms with Gasteiger partial charge in [-0.2, -0.15) is 0 Å². The summed E-state index contributed by atoms with van der Waals surface area (Å²) in [7, 11) is 1.93. The third kappa shape index (κ3) is 3.24. The highest BCUT2D eigenvalue weighted by Gasteiger charge is 2.43. The Morgan fingerprint density at radius 3 is 2.38 bits per heavy atom. The zero-order chi connectivity index (χ0) is 14.8. The Balaban J connectivity index is 1.79. The number of hydrogen-bond acceptors (Lipinski definition) is 2. The Hall–Kier alpha value is -1.06. The van der Waals surface area contributed by atoms with E-state index in [0.29, 0.717) is 5.91 Å². The van der Waals surface area contributed by atoms with Gasteiger partial charge in [-0.15, -0.1) is 0 Å². The molecule has 3 aliphatic rings. The van der Waals surface area contributed by atoms with E-state index in [0.717, 1.165) is 58.0 Å². The van der Waals surface area contributed by atoms with Gasteiger partial charge in [-0.25, -0.2) is 0 Å². The van der Waals surface area contributed by atoms with Crippen molar-refractivity contribution in [1.82, 2.24) is 9.80 Å². The summed E-state index contributed by atoms with van der Waals surface area (Å²) >= 11 is 0. The molecule has 118 valence electrons. The van der Waals surface area contributed by atoms with Crippen LogP contribution in [0.3, 0.4) is 0 Å². The third-order valence-electron chi connectivity index (χ3n) is 5.43. The quantitative estimate of drug-likeness (QED) is 0.745. The molecule has 0 aromatic carbocycles. The summed E-state index contributed by atoms with van der Waals surface area (Å²) in [5.74, 6) is 0.926. The summed E-state index contributed by atoms with van der Waals surface area (Å²) < 4.78 is 0. The van der Waals surface area contributed by atoms with Gasteiger partial charge >= 0.3 is 0 Å². The first-order chi connectivity index (χ1) is 10.2. The summed E-state index contributed by atoms with van der Waals surface area (Å²) in [4.78, 5) is 29.4. The Bertz CT molecular complexity index is 406. The molecule has 2 aliphatic carbocycles. The number of carbonyl (C=O) groups is 2. The molecule has 0 bridgehead atoms. The first kappa shape index (κ1) is 14.9. The lowest BCUT2D eigenvalue weighted by molar-refractivity contribution is -0.141. The van der Waals surface area contributed by atoms with Crippen LogP contribution in [0.4, 0.5) is 0 Å². The second kappa shape index (κ2) is 6.37. The maximum Gasteiger partial charge on any atom is 0.227 e. The van der Waals surface area contributed by atoms with E-state index in [1.807, 2.05) is 11.9 Å². The lowest BCUT2D eigenvalue weighted by Gasteiger charge is -2.34. The van der Waals surface area contributed by atoms with Crippen molar-refractivity contribution in [2.45, 2.75) is 63.8 Å². The van der Waals surface area contributed by atoms with Crippen molar-refractivity contribution in [3.63, 3.8) is 0 Å². The van der Waals surface area contributed by atoms with Gasteiger partial charge in [-0.3, -0.25) is 9.59 Å². The molecular weight excluding hydrogens is 264 g/mol. The fourth-order valence-electron chi connectivity index (χ4n) is 3.98. The normalized spacial score (nSPS) is 31.8. The van der Waals surface area contributed by atoms with Gasteiger partial charge in [-0.05, 0) is 38.5 Å². The minimum atomic E-state index is 0.0517. The van der Waals surface area contributed by atoms with Gasteiger partial charge in [0.1, 0.15) is 0 Å². The topological polar surface area (TPSA) is 40.6 Å². The first-order valence-electron chi connectivity index (χ1n) is 8.74. The van der Waals surface area contributed by atoms with Gasteiger partial charge in [0.05, 0.1) is 5.92 Å². The molecule has 0 spiro atoms. The van der Waals surface area contributed by atoms with E-state index in [-0.39, 0.29) is 23.8 Å². The summed E-state index contributed by atoms with van der Waals surface area (Å²) in [6.45, 7) is 1.74. The van der Waals surface area contributed by atoms with Crippen LogP contribution in [0.2, 0.25) is 0 Å². The maximum absolute atomic E-state index is 12.7. The van der Waals surface area contributed by atoms with Crippen LogP contribution >= 0.6 is 0 Å². The number of carbonyl (C=O) groups excluding carboxylic acids is 2. The highest BCUT2D eigenvalue weighted by atomic mass is 16.2.